The lowest BCUT2D eigenvalue weighted by Gasteiger charge is -2.16. The number of nitrogens with two attached hydrogens (primary N) is 1. The van der Waals surface area contributed by atoms with Crippen molar-refractivity contribution in [3.05, 3.63) is 47.3 Å². The molecule has 0 aromatic heterocycles. The minimum Gasteiger partial charge on any atom is -0.324 e. The number of rotatable bonds is 3. The average molecular weight is 284 g/mol. The van der Waals surface area contributed by atoms with Gasteiger partial charge in [-0.05, 0) is 19.4 Å². The molecular formula is C12H14ClF4N. The number of halogens is 5. The van der Waals surface area contributed by atoms with Crippen LogP contribution in [0.15, 0.2) is 30.4 Å². The van der Waals surface area contributed by atoms with Crippen LogP contribution < -0.4 is 5.73 Å². The zero-order valence-corrected chi connectivity index (χ0v) is 10.5. The minimum atomic E-state index is -4.71. The molecule has 0 amide bonds. The maximum atomic E-state index is 13.6. The van der Waals surface area contributed by atoms with Gasteiger partial charge in [-0.3, -0.25) is 0 Å². The second-order valence-corrected chi connectivity index (χ2v) is 3.97. The van der Waals surface area contributed by atoms with E-state index < -0.39 is 23.6 Å². The van der Waals surface area contributed by atoms with Crippen LogP contribution in [0.4, 0.5) is 17.6 Å². The van der Waals surface area contributed by atoms with Gasteiger partial charge in [-0.1, -0.05) is 17.7 Å². The molecule has 0 heterocycles. The van der Waals surface area contributed by atoms with E-state index in [1.807, 2.05) is 0 Å². The predicted octanol–water partition coefficient (Wildman–Crippen LogP) is 4.23. The van der Waals surface area contributed by atoms with Crippen molar-refractivity contribution in [2.24, 2.45) is 5.73 Å². The third-order valence-electron chi connectivity index (χ3n) is 2.30. The van der Waals surface area contributed by atoms with Gasteiger partial charge in [0, 0.05) is 11.6 Å². The Morgan fingerprint density at radius 3 is 2.39 bits per heavy atom. The fourth-order valence-corrected chi connectivity index (χ4v) is 1.54. The molecular weight excluding hydrogens is 270 g/mol. The standard InChI is InChI=1S/C12H13F4N.ClH/c1-7(2)6-10(17)8-4-3-5-9(11(8)13)12(14,15)16;/h3-5,10H,1,6,17H2,2H3;1H/t10-;/m1./s1. The maximum absolute atomic E-state index is 13.6. The summed E-state index contributed by atoms with van der Waals surface area (Å²) in [6.45, 7) is 5.28. The first-order valence-corrected chi connectivity index (χ1v) is 4.99. The van der Waals surface area contributed by atoms with Crippen molar-refractivity contribution in [3.63, 3.8) is 0 Å². The molecule has 1 aromatic rings. The second kappa shape index (κ2) is 6.20. The van der Waals surface area contributed by atoms with Crippen molar-refractivity contribution >= 4 is 12.4 Å². The molecule has 0 bridgehead atoms. The maximum Gasteiger partial charge on any atom is 0.419 e. The highest BCUT2D eigenvalue weighted by Crippen LogP contribution is 2.34. The number of alkyl halides is 3. The summed E-state index contributed by atoms with van der Waals surface area (Å²) >= 11 is 0. The Morgan fingerprint density at radius 1 is 1.39 bits per heavy atom. The molecule has 0 radical (unpaired) electrons. The highest BCUT2D eigenvalue weighted by atomic mass is 35.5. The molecule has 2 N–H and O–H groups in total. The molecule has 0 saturated carbocycles. The number of hydrogen-bond acceptors (Lipinski definition) is 1. The predicted molar refractivity (Wildman–Crippen MR) is 65.0 cm³/mol. The summed E-state index contributed by atoms with van der Waals surface area (Å²) in [6.07, 6.45) is -4.46. The molecule has 1 aromatic carbocycles. The van der Waals surface area contributed by atoms with Crippen molar-refractivity contribution in [2.75, 3.05) is 0 Å². The number of hydrogen-bond donors (Lipinski definition) is 1. The first-order chi connectivity index (χ1) is 7.73. The van der Waals surface area contributed by atoms with Gasteiger partial charge in [-0.15, -0.1) is 19.0 Å². The number of benzene rings is 1. The molecule has 0 aliphatic heterocycles. The Labute approximate surface area is 109 Å². The summed E-state index contributed by atoms with van der Waals surface area (Å²) < 4.78 is 51.0. The summed E-state index contributed by atoms with van der Waals surface area (Å²) in [4.78, 5) is 0. The van der Waals surface area contributed by atoms with E-state index in [9.17, 15) is 17.6 Å². The van der Waals surface area contributed by atoms with E-state index in [4.69, 9.17) is 5.73 Å². The summed E-state index contributed by atoms with van der Waals surface area (Å²) in [6, 6.07) is 2.30. The zero-order valence-electron chi connectivity index (χ0n) is 9.72. The molecule has 6 heteroatoms. The highest BCUT2D eigenvalue weighted by molar-refractivity contribution is 5.85. The third-order valence-corrected chi connectivity index (χ3v) is 2.30. The highest BCUT2D eigenvalue weighted by Gasteiger charge is 2.35. The molecule has 18 heavy (non-hydrogen) atoms. The van der Waals surface area contributed by atoms with Crippen molar-refractivity contribution in [1.29, 1.82) is 0 Å². The van der Waals surface area contributed by atoms with Crippen LogP contribution in [0.3, 0.4) is 0 Å². The molecule has 1 atom stereocenters. The van der Waals surface area contributed by atoms with Crippen LogP contribution in [0.1, 0.15) is 30.5 Å². The van der Waals surface area contributed by atoms with Gasteiger partial charge >= 0.3 is 6.18 Å². The Morgan fingerprint density at radius 2 is 1.94 bits per heavy atom. The SMILES string of the molecule is C=C(C)C[C@@H](N)c1cccc(C(F)(F)F)c1F.Cl. The quantitative estimate of drug-likeness (QED) is 0.652. The molecule has 1 rings (SSSR count). The normalized spacial score (nSPS) is 12.8. The van der Waals surface area contributed by atoms with Crippen LogP contribution in [-0.2, 0) is 6.18 Å². The van der Waals surface area contributed by atoms with Crippen LogP contribution in [0, 0.1) is 5.82 Å². The topological polar surface area (TPSA) is 26.0 Å². The summed E-state index contributed by atoms with van der Waals surface area (Å²) in [5.41, 5.74) is 4.91. The van der Waals surface area contributed by atoms with Crippen molar-refractivity contribution in [1.82, 2.24) is 0 Å². The first-order valence-electron chi connectivity index (χ1n) is 4.99. The molecule has 0 unspecified atom stereocenters. The third kappa shape index (κ3) is 3.99. The lowest BCUT2D eigenvalue weighted by molar-refractivity contribution is -0.140. The van der Waals surface area contributed by atoms with Crippen LogP contribution >= 0.6 is 12.4 Å². The van der Waals surface area contributed by atoms with E-state index in [0.717, 1.165) is 6.07 Å². The van der Waals surface area contributed by atoms with E-state index in [-0.39, 0.29) is 24.4 Å². The van der Waals surface area contributed by atoms with E-state index in [1.165, 1.54) is 6.07 Å². The molecule has 102 valence electrons. The Hall–Kier alpha value is -1.07. The monoisotopic (exact) mass is 283 g/mol. The van der Waals surface area contributed by atoms with E-state index in [1.54, 1.807) is 6.92 Å². The lowest BCUT2D eigenvalue weighted by Crippen LogP contribution is -2.16. The largest absolute Gasteiger partial charge is 0.419 e. The molecule has 0 aliphatic rings. The van der Waals surface area contributed by atoms with Gasteiger partial charge in [-0.25, -0.2) is 4.39 Å². The van der Waals surface area contributed by atoms with E-state index >= 15 is 0 Å². The average Bonchev–Trinajstić information content (AvgIpc) is 2.14. The van der Waals surface area contributed by atoms with Crippen LogP contribution in [0.2, 0.25) is 0 Å². The van der Waals surface area contributed by atoms with Crippen LogP contribution in [-0.4, -0.2) is 0 Å². The molecule has 0 spiro atoms. The van der Waals surface area contributed by atoms with Crippen molar-refractivity contribution < 1.29 is 17.6 Å². The van der Waals surface area contributed by atoms with Crippen molar-refractivity contribution in [3.8, 4) is 0 Å². The zero-order chi connectivity index (χ0) is 13.2. The Bertz CT molecular complexity index is 429. The summed E-state index contributed by atoms with van der Waals surface area (Å²) in [5.74, 6) is -1.30. The fourth-order valence-electron chi connectivity index (χ4n) is 1.54. The Balaban J connectivity index is 0.00000289. The first kappa shape index (κ1) is 16.9. The van der Waals surface area contributed by atoms with Crippen LogP contribution in [0.25, 0.3) is 0 Å². The van der Waals surface area contributed by atoms with Crippen LogP contribution in [0.5, 0.6) is 0 Å². The van der Waals surface area contributed by atoms with Gasteiger partial charge in [-0.2, -0.15) is 13.2 Å². The minimum absolute atomic E-state index is 0. The molecule has 0 aliphatic carbocycles. The molecule has 1 nitrogen and oxygen atoms in total. The van der Waals surface area contributed by atoms with Gasteiger partial charge < -0.3 is 5.73 Å². The lowest BCUT2D eigenvalue weighted by atomic mass is 9.98. The van der Waals surface area contributed by atoms with Gasteiger partial charge in [0.2, 0.25) is 0 Å². The molecule has 0 saturated heterocycles. The van der Waals surface area contributed by atoms with E-state index in [2.05, 4.69) is 6.58 Å². The van der Waals surface area contributed by atoms with Gasteiger partial charge in [0.15, 0.2) is 0 Å². The van der Waals surface area contributed by atoms with Gasteiger partial charge in [0.25, 0.3) is 0 Å². The summed E-state index contributed by atoms with van der Waals surface area (Å²) in [7, 11) is 0. The van der Waals surface area contributed by atoms with Crippen molar-refractivity contribution in [2.45, 2.75) is 25.6 Å². The second-order valence-electron chi connectivity index (χ2n) is 3.97. The van der Waals surface area contributed by atoms with Gasteiger partial charge in [0.05, 0.1) is 5.56 Å². The summed E-state index contributed by atoms with van der Waals surface area (Å²) in [5, 5.41) is 0. The van der Waals surface area contributed by atoms with E-state index in [0.29, 0.717) is 11.6 Å². The van der Waals surface area contributed by atoms with Gasteiger partial charge in [0.1, 0.15) is 5.82 Å². The fraction of sp³-hybridized carbons (Fsp3) is 0.333. The Kier molecular flexibility index (Phi) is 5.83. The smallest absolute Gasteiger partial charge is 0.324 e. The molecule has 0 fully saturated rings.